The Labute approximate surface area is 277 Å². The van der Waals surface area contributed by atoms with Crippen molar-refractivity contribution in [1.29, 1.82) is 0 Å². The smallest absolute Gasteiger partial charge is 0.264 e. The number of nitrogens with zero attached hydrogens (tertiary/aromatic N) is 2. The molecule has 0 saturated heterocycles. The van der Waals surface area contributed by atoms with E-state index in [2.05, 4.69) is 5.32 Å². The number of aryl methyl sites for hydroxylation is 1. The van der Waals surface area contributed by atoms with Gasteiger partial charge in [0.1, 0.15) is 12.6 Å². The topological polar surface area (TPSA) is 86.8 Å². The van der Waals surface area contributed by atoms with Crippen molar-refractivity contribution in [3.63, 3.8) is 0 Å². The van der Waals surface area contributed by atoms with Crippen molar-refractivity contribution in [2.75, 3.05) is 10.8 Å². The van der Waals surface area contributed by atoms with Gasteiger partial charge in [-0.1, -0.05) is 109 Å². The molecular formula is C37H40ClN3O4S. The van der Waals surface area contributed by atoms with E-state index in [0.29, 0.717) is 10.7 Å². The van der Waals surface area contributed by atoms with Crippen molar-refractivity contribution in [2.45, 2.75) is 69.0 Å². The quantitative estimate of drug-likeness (QED) is 0.179. The van der Waals surface area contributed by atoms with Crippen LogP contribution < -0.4 is 9.62 Å². The van der Waals surface area contributed by atoms with Crippen LogP contribution >= 0.6 is 11.6 Å². The number of rotatable bonds is 12. The minimum absolute atomic E-state index is 0.00881. The van der Waals surface area contributed by atoms with Gasteiger partial charge in [0.05, 0.1) is 10.6 Å². The largest absolute Gasteiger partial charge is 0.352 e. The summed E-state index contributed by atoms with van der Waals surface area (Å²) in [6.07, 6.45) is 5.33. The number of amides is 2. The standard InChI is InChI=1S/C37H40ClN3O4S/c1-28-17-19-30(20-18-28)26-40(35(25-29-11-5-2-6-12-29)37(43)39-32-13-7-3-8-14-32)36(42)27-41(33-15-9-4-10-16-33)46(44,45)34-23-21-31(38)22-24-34/h2,4-6,9-12,15-24,32,35H,3,7-8,13-14,25-27H2,1H3,(H,39,43). The monoisotopic (exact) mass is 657 g/mol. The Morgan fingerprint density at radius 3 is 2.04 bits per heavy atom. The average Bonchev–Trinajstić information content (AvgIpc) is 3.07. The molecule has 7 nitrogen and oxygen atoms in total. The lowest BCUT2D eigenvalue weighted by Gasteiger charge is -2.35. The number of anilines is 1. The highest BCUT2D eigenvalue weighted by molar-refractivity contribution is 7.92. The zero-order valence-corrected chi connectivity index (χ0v) is 27.6. The highest BCUT2D eigenvalue weighted by Crippen LogP contribution is 2.26. The molecule has 1 fully saturated rings. The summed E-state index contributed by atoms with van der Waals surface area (Å²) in [5, 5.41) is 3.64. The second-order valence-corrected chi connectivity index (χ2v) is 14.2. The SMILES string of the molecule is Cc1ccc(CN(C(=O)CN(c2ccccc2)S(=O)(=O)c2ccc(Cl)cc2)C(Cc2ccccc2)C(=O)NC2CCCCC2)cc1. The molecule has 1 aliphatic carbocycles. The number of halogens is 1. The van der Waals surface area contributed by atoms with Crippen molar-refractivity contribution < 1.29 is 18.0 Å². The maximum absolute atomic E-state index is 14.6. The molecule has 1 unspecified atom stereocenters. The van der Waals surface area contributed by atoms with E-state index in [9.17, 15) is 18.0 Å². The van der Waals surface area contributed by atoms with E-state index >= 15 is 0 Å². The molecule has 1 atom stereocenters. The number of para-hydroxylation sites is 1. The second kappa shape index (κ2) is 15.4. The van der Waals surface area contributed by atoms with Gasteiger partial charge in [0.15, 0.2) is 0 Å². The Kier molecular flexibility index (Phi) is 11.1. The molecule has 1 aliphatic rings. The third kappa shape index (κ3) is 8.56. The molecule has 0 aromatic heterocycles. The van der Waals surface area contributed by atoms with Crippen LogP contribution in [0.2, 0.25) is 5.02 Å². The molecule has 0 aliphatic heterocycles. The lowest BCUT2D eigenvalue weighted by molar-refractivity contribution is -0.140. The second-order valence-electron chi connectivity index (χ2n) is 11.9. The van der Waals surface area contributed by atoms with Gasteiger partial charge in [-0.2, -0.15) is 0 Å². The molecule has 4 aromatic carbocycles. The Morgan fingerprint density at radius 2 is 1.41 bits per heavy atom. The lowest BCUT2D eigenvalue weighted by Crippen LogP contribution is -2.55. The molecule has 9 heteroatoms. The van der Waals surface area contributed by atoms with Crippen LogP contribution in [0, 0.1) is 6.92 Å². The zero-order chi connectivity index (χ0) is 32.5. The number of carbonyl (C=O) groups is 2. The van der Waals surface area contributed by atoms with Crippen LogP contribution in [-0.2, 0) is 32.6 Å². The molecule has 46 heavy (non-hydrogen) atoms. The molecular weight excluding hydrogens is 618 g/mol. The minimum atomic E-state index is -4.18. The number of benzene rings is 4. The average molecular weight is 658 g/mol. The van der Waals surface area contributed by atoms with Gasteiger partial charge in [-0.05, 0) is 67.3 Å². The third-order valence-corrected chi connectivity index (χ3v) is 10.5. The zero-order valence-electron chi connectivity index (χ0n) is 26.0. The first-order valence-corrected chi connectivity index (χ1v) is 17.6. The van der Waals surface area contributed by atoms with Crippen LogP contribution in [0.1, 0.15) is 48.8 Å². The molecule has 1 saturated carbocycles. The summed E-state index contributed by atoms with van der Waals surface area (Å²) < 4.78 is 29.3. The fourth-order valence-electron chi connectivity index (χ4n) is 5.85. The molecule has 4 aromatic rings. The summed E-state index contributed by atoms with van der Waals surface area (Å²) in [5.41, 5.74) is 3.16. The van der Waals surface area contributed by atoms with Gasteiger partial charge in [-0.15, -0.1) is 0 Å². The van der Waals surface area contributed by atoms with E-state index < -0.39 is 28.5 Å². The maximum Gasteiger partial charge on any atom is 0.264 e. The molecule has 240 valence electrons. The van der Waals surface area contributed by atoms with Crippen LogP contribution in [0.4, 0.5) is 5.69 Å². The fraction of sp³-hybridized carbons (Fsp3) is 0.297. The molecule has 0 spiro atoms. The number of sulfonamides is 1. The van der Waals surface area contributed by atoms with E-state index in [1.165, 1.54) is 24.3 Å². The number of carbonyl (C=O) groups excluding carboxylic acids is 2. The highest BCUT2D eigenvalue weighted by Gasteiger charge is 2.35. The van der Waals surface area contributed by atoms with Crippen molar-refractivity contribution in [2.24, 2.45) is 0 Å². The molecule has 2 amide bonds. The van der Waals surface area contributed by atoms with Crippen LogP contribution in [0.25, 0.3) is 0 Å². The third-order valence-electron chi connectivity index (χ3n) is 8.42. The van der Waals surface area contributed by atoms with Crippen molar-refractivity contribution in [1.82, 2.24) is 10.2 Å². The predicted octanol–water partition coefficient (Wildman–Crippen LogP) is 6.93. The summed E-state index contributed by atoms with van der Waals surface area (Å²) in [5.74, 6) is -0.718. The minimum Gasteiger partial charge on any atom is -0.352 e. The summed E-state index contributed by atoms with van der Waals surface area (Å²) in [7, 11) is -4.18. The Hall–Kier alpha value is -4.14. The van der Waals surface area contributed by atoms with E-state index in [4.69, 9.17) is 11.6 Å². The Morgan fingerprint density at radius 1 is 0.804 bits per heavy atom. The number of hydrogen-bond acceptors (Lipinski definition) is 4. The van der Waals surface area contributed by atoms with Gasteiger partial charge in [0.2, 0.25) is 11.8 Å². The van der Waals surface area contributed by atoms with E-state index in [1.54, 1.807) is 35.2 Å². The van der Waals surface area contributed by atoms with Gasteiger partial charge in [-0.25, -0.2) is 8.42 Å². The Bertz CT molecular complexity index is 1690. The van der Waals surface area contributed by atoms with Crippen molar-refractivity contribution >= 4 is 39.1 Å². The predicted molar refractivity (Wildman–Crippen MR) is 183 cm³/mol. The van der Waals surface area contributed by atoms with Crippen LogP contribution in [-0.4, -0.2) is 43.8 Å². The van der Waals surface area contributed by atoms with E-state index in [0.717, 1.165) is 53.1 Å². The van der Waals surface area contributed by atoms with E-state index in [1.807, 2.05) is 61.5 Å². The van der Waals surface area contributed by atoms with Crippen LogP contribution in [0.5, 0.6) is 0 Å². The maximum atomic E-state index is 14.6. The van der Waals surface area contributed by atoms with E-state index in [-0.39, 0.29) is 29.8 Å². The normalized spacial score (nSPS) is 14.3. The van der Waals surface area contributed by atoms with Crippen molar-refractivity contribution in [3.05, 3.63) is 131 Å². The van der Waals surface area contributed by atoms with Gasteiger partial charge in [-0.3, -0.25) is 13.9 Å². The van der Waals surface area contributed by atoms with Gasteiger partial charge in [0, 0.05) is 24.0 Å². The summed E-state index contributed by atoms with van der Waals surface area (Å²) in [6, 6.07) is 31.0. The first-order valence-electron chi connectivity index (χ1n) is 15.7. The first kappa shape index (κ1) is 33.2. The Balaban J connectivity index is 1.54. The summed E-state index contributed by atoms with van der Waals surface area (Å²) >= 11 is 6.06. The van der Waals surface area contributed by atoms with Gasteiger partial charge >= 0.3 is 0 Å². The highest BCUT2D eigenvalue weighted by atomic mass is 35.5. The lowest BCUT2D eigenvalue weighted by atomic mass is 9.94. The molecule has 5 rings (SSSR count). The molecule has 0 radical (unpaired) electrons. The molecule has 1 N–H and O–H groups in total. The van der Waals surface area contributed by atoms with Gasteiger partial charge < -0.3 is 10.2 Å². The van der Waals surface area contributed by atoms with Gasteiger partial charge in [0.25, 0.3) is 10.0 Å². The molecule has 0 bridgehead atoms. The molecule has 0 heterocycles. The number of nitrogens with one attached hydrogen (secondary N) is 1. The first-order chi connectivity index (χ1) is 22.2. The van der Waals surface area contributed by atoms with Crippen LogP contribution in [0.3, 0.4) is 0 Å². The number of hydrogen-bond donors (Lipinski definition) is 1. The summed E-state index contributed by atoms with van der Waals surface area (Å²) in [6.45, 7) is 1.63. The fourth-order valence-corrected chi connectivity index (χ4v) is 7.39. The summed E-state index contributed by atoms with van der Waals surface area (Å²) in [4.78, 5) is 30.3. The van der Waals surface area contributed by atoms with Crippen LogP contribution in [0.15, 0.2) is 114 Å². The van der Waals surface area contributed by atoms with Crippen molar-refractivity contribution in [3.8, 4) is 0 Å².